The maximum atomic E-state index is 11.8. The molecule has 2 aromatic rings. The minimum atomic E-state index is -1.06. The Kier molecular flexibility index (Phi) is 4.99. The number of aromatic amines is 1. The molecule has 0 fully saturated rings. The van der Waals surface area contributed by atoms with Crippen molar-refractivity contribution in [3.63, 3.8) is 0 Å². The molecule has 0 bridgehead atoms. The topological polar surface area (TPSA) is 116 Å². The minimum Gasteiger partial charge on any atom is -0.478 e. The van der Waals surface area contributed by atoms with Gasteiger partial charge >= 0.3 is 16.6 Å². The molecule has 0 aliphatic rings. The van der Waals surface area contributed by atoms with Gasteiger partial charge in [0.15, 0.2) is 7.05 Å². The normalized spacial score (nSPS) is 10.4. The first-order valence-corrected chi connectivity index (χ1v) is 7.29. The summed E-state index contributed by atoms with van der Waals surface area (Å²) in [5, 5.41) is 14.3. The first kappa shape index (κ1) is 15.8. The minimum absolute atomic E-state index is 0.101. The van der Waals surface area contributed by atoms with E-state index in [1.54, 1.807) is 19.2 Å². The van der Waals surface area contributed by atoms with Gasteiger partial charge in [0.05, 0.1) is 5.56 Å². The molecule has 1 heterocycles. The number of nitrogens with one attached hydrogen (secondary N) is 2. The summed E-state index contributed by atoms with van der Waals surface area (Å²) in [6.45, 7) is 0. The number of hydrogen-bond donors (Lipinski definition) is 3. The van der Waals surface area contributed by atoms with E-state index in [-0.39, 0.29) is 17.9 Å². The number of hydrogen-bond acceptors (Lipinski definition) is 5. The van der Waals surface area contributed by atoms with Crippen molar-refractivity contribution >= 4 is 29.3 Å². The highest BCUT2D eigenvalue weighted by Gasteiger charge is 2.18. The van der Waals surface area contributed by atoms with Crippen molar-refractivity contribution in [2.75, 3.05) is 11.1 Å². The zero-order valence-corrected chi connectivity index (χ0v) is 12.5. The summed E-state index contributed by atoms with van der Waals surface area (Å²) < 4.78 is 6.02. The van der Waals surface area contributed by atoms with Crippen LogP contribution in [0.5, 0.6) is 0 Å². The smallest absolute Gasteiger partial charge is 0.441 e. The molecular weight excluding hydrogens is 310 g/mol. The molecule has 3 N–H and O–H groups in total. The number of aromatic carboxylic acids is 1. The lowest BCUT2D eigenvalue weighted by atomic mass is 10.2. The van der Waals surface area contributed by atoms with Crippen LogP contribution >= 0.6 is 11.8 Å². The highest BCUT2D eigenvalue weighted by atomic mass is 32.2. The van der Waals surface area contributed by atoms with E-state index >= 15 is 0 Å². The summed E-state index contributed by atoms with van der Waals surface area (Å²) >= 11 is 1.20. The van der Waals surface area contributed by atoms with Crippen molar-refractivity contribution in [1.29, 1.82) is 0 Å². The van der Waals surface area contributed by atoms with Gasteiger partial charge in [-0.15, -0.1) is 0 Å². The molecule has 0 spiro atoms. The Hall–Kier alpha value is -2.55. The average molecular weight is 324 g/mol. The van der Waals surface area contributed by atoms with Crippen LogP contribution in [-0.4, -0.2) is 28.0 Å². The lowest BCUT2D eigenvalue weighted by Crippen LogP contribution is -2.33. The number of carbonyl (C=O) groups excluding carboxylic acids is 1. The Labute approximate surface area is 129 Å². The van der Waals surface area contributed by atoms with Crippen LogP contribution in [-0.2, 0) is 11.8 Å². The van der Waals surface area contributed by atoms with E-state index in [0.29, 0.717) is 16.5 Å². The van der Waals surface area contributed by atoms with Gasteiger partial charge in [-0.1, -0.05) is 10.7 Å². The largest absolute Gasteiger partial charge is 0.478 e. The van der Waals surface area contributed by atoms with Crippen molar-refractivity contribution < 1.29 is 23.9 Å². The number of anilines is 1. The van der Waals surface area contributed by atoms with Gasteiger partial charge in [0.25, 0.3) is 0 Å². The molecule has 22 heavy (non-hydrogen) atoms. The number of carboxylic acids is 1. The maximum absolute atomic E-state index is 11.8. The van der Waals surface area contributed by atoms with Gasteiger partial charge in [0, 0.05) is 17.9 Å². The van der Waals surface area contributed by atoms with Gasteiger partial charge in [-0.2, -0.15) is 0 Å². The van der Waals surface area contributed by atoms with Crippen molar-refractivity contribution in [3.05, 3.63) is 40.2 Å². The van der Waals surface area contributed by atoms with Gasteiger partial charge in [-0.25, -0.2) is 9.59 Å². The summed E-state index contributed by atoms with van der Waals surface area (Å²) in [5.41, 5.74) is 0.0350. The highest BCUT2D eigenvalue weighted by molar-refractivity contribution is 7.99. The molecule has 0 unspecified atom stereocenters. The fraction of sp³-hybridized carbons (Fsp3) is 0.231. The maximum Gasteiger partial charge on any atom is 0.441 e. The zero-order valence-electron chi connectivity index (χ0n) is 11.7. The molecule has 0 saturated heterocycles. The number of carbonyl (C=O) groups is 2. The molecule has 116 valence electrons. The Bertz CT molecular complexity index is 752. The Balaban J connectivity index is 1.87. The molecule has 0 aliphatic carbocycles. The molecule has 9 heteroatoms. The van der Waals surface area contributed by atoms with Crippen molar-refractivity contribution in [3.8, 4) is 0 Å². The van der Waals surface area contributed by atoms with Gasteiger partial charge in [-0.05, 0) is 35.2 Å². The van der Waals surface area contributed by atoms with E-state index < -0.39 is 11.6 Å². The van der Waals surface area contributed by atoms with Crippen LogP contribution in [0.15, 0.2) is 38.6 Å². The monoisotopic (exact) mass is 324 g/mol. The molecule has 2 rings (SSSR count). The predicted octanol–water partition coefficient (Wildman–Crippen LogP) is 0.611. The van der Waals surface area contributed by atoms with Gasteiger partial charge in [-0.3, -0.25) is 9.32 Å². The van der Waals surface area contributed by atoms with E-state index in [1.807, 2.05) is 0 Å². The second-order valence-corrected chi connectivity index (χ2v) is 5.46. The molecule has 1 amide bonds. The number of carboxylic acid groups (broad SMARTS) is 1. The Morgan fingerprint density at radius 2 is 2.23 bits per heavy atom. The quantitative estimate of drug-likeness (QED) is 0.529. The number of aromatic nitrogens is 2. The van der Waals surface area contributed by atoms with Gasteiger partial charge < -0.3 is 10.4 Å². The third-order valence-corrected chi connectivity index (χ3v) is 3.84. The summed E-state index contributed by atoms with van der Waals surface area (Å²) in [7, 11) is 1.63. The Morgan fingerprint density at radius 3 is 2.86 bits per heavy atom. The van der Waals surface area contributed by atoms with Gasteiger partial charge in [0.2, 0.25) is 5.91 Å². The first-order valence-electron chi connectivity index (χ1n) is 6.31. The van der Waals surface area contributed by atoms with Crippen molar-refractivity contribution in [1.82, 2.24) is 5.27 Å². The average Bonchev–Trinajstić information content (AvgIpc) is 2.79. The van der Waals surface area contributed by atoms with Gasteiger partial charge in [0.1, 0.15) is 0 Å². The summed E-state index contributed by atoms with van der Waals surface area (Å²) in [5.74, 6) is -0.933. The molecule has 0 aliphatic heterocycles. The van der Waals surface area contributed by atoms with Crippen molar-refractivity contribution in [2.45, 2.75) is 11.4 Å². The first-order chi connectivity index (χ1) is 10.5. The van der Waals surface area contributed by atoms with E-state index in [0.717, 1.165) is 0 Å². The SMILES string of the molecule is C[n+]1[nH]oc(=O)c1SCCC(=O)Nc1cccc(C(=O)O)c1. The summed E-state index contributed by atoms with van der Waals surface area (Å²) in [6.07, 6.45) is 0.173. The van der Waals surface area contributed by atoms with E-state index in [4.69, 9.17) is 5.11 Å². The fourth-order valence-corrected chi connectivity index (χ4v) is 2.55. The summed E-state index contributed by atoms with van der Waals surface area (Å²) in [4.78, 5) is 34.0. The molecule has 1 aromatic carbocycles. The predicted molar refractivity (Wildman–Crippen MR) is 77.9 cm³/mol. The van der Waals surface area contributed by atoms with Crippen molar-refractivity contribution in [2.24, 2.45) is 7.05 Å². The van der Waals surface area contributed by atoms with E-state index in [1.165, 1.54) is 28.6 Å². The molecular formula is C13H14N3O5S+. The standard InChI is InChI=1S/C13H13N3O5S/c1-16-11(13(20)21-15-16)22-6-5-10(17)14-9-4-2-3-8(7-9)12(18)19/h2-4,7H,5-6H2,1H3,(H2-,14,15,17,18,19,20)/p+1. The number of rotatable bonds is 6. The molecule has 8 nitrogen and oxygen atoms in total. The lowest BCUT2D eigenvalue weighted by Gasteiger charge is -2.05. The number of aryl methyl sites for hydroxylation is 1. The third-order valence-electron chi connectivity index (χ3n) is 2.72. The number of nitrogens with zero attached hydrogens (tertiary/aromatic N) is 1. The molecule has 1 aromatic heterocycles. The third kappa shape index (κ3) is 3.98. The molecule has 0 atom stereocenters. The second kappa shape index (κ2) is 6.94. The highest BCUT2D eigenvalue weighted by Crippen LogP contribution is 2.13. The lowest BCUT2D eigenvalue weighted by molar-refractivity contribution is -0.772. The number of H-pyrrole nitrogens is 1. The molecule has 0 saturated carbocycles. The van der Waals surface area contributed by atoms with Crippen LogP contribution in [0.25, 0.3) is 0 Å². The van der Waals surface area contributed by atoms with Crippen LogP contribution in [0.4, 0.5) is 5.69 Å². The van der Waals surface area contributed by atoms with Crippen LogP contribution in [0, 0.1) is 0 Å². The van der Waals surface area contributed by atoms with Crippen LogP contribution in [0.3, 0.4) is 0 Å². The van der Waals surface area contributed by atoms with E-state index in [9.17, 15) is 14.4 Å². The fourth-order valence-electron chi connectivity index (χ4n) is 1.68. The number of amides is 1. The van der Waals surface area contributed by atoms with Crippen LogP contribution in [0.1, 0.15) is 16.8 Å². The summed E-state index contributed by atoms with van der Waals surface area (Å²) in [6, 6.07) is 5.99. The molecule has 0 radical (unpaired) electrons. The Morgan fingerprint density at radius 1 is 1.45 bits per heavy atom. The number of thioether (sulfide) groups is 1. The second-order valence-electron chi connectivity index (χ2n) is 4.38. The zero-order chi connectivity index (χ0) is 16.1. The van der Waals surface area contributed by atoms with Crippen LogP contribution in [0.2, 0.25) is 0 Å². The van der Waals surface area contributed by atoms with Crippen LogP contribution < -0.4 is 15.6 Å². The van der Waals surface area contributed by atoms with E-state index in [2.05, 4.69) is 15.1 Å². The number of benzene rings is 1.